The first-order valence-corrected chi connectivity index (χ1v) is 6.75. The van der Waals surface area contributed by atoms with Crippen molar-refractivity contribution < 1.29 is 9.47 Å². The van der Waals surface area contributed by atoms with Gasteiger partial charge in [0.1, 0.15) is 0 Å². The highest BCUT2D eigenvalue weighted by Gasteiger charge is 2.18. The van der Waals surface area contributed by atoms with E-state index in [0.717, 1.165) is 31.4 Å². The van der Waals surface area contributed by atoms with Crippen LogP contribution in [-0.2, 0) is 9.47 Å². The average Bonchev–Trinajstić information content (AvgIpc) is 2.30. The standard InChI is InChI=1S/C12H24ClNO2/c1-15-9-10-16-8-7-14-6-2-3-12(11-14)4-5-13/h12H,2-11H2,1H3. The Labute approximate surface area is 104 Å². The van der Waals surface area contributed by atoms with Crippen LogP contribution < -0.4 is 0 Å². The van der Waals surface area contributed by atoms with Crippen molar-refractivity contribution in [2.75, 3.05) is 52.4 Å². The summed E-state index contributed by atoms with van der Waals surface area (Å²) in [5, 5.41) is 0. The molecule has 4 heteroatoms. The van der Waals surface area contributed by atoms with Crippen LogP contribution in [0.1, 0.15) is 19.3 Å². The van der Waals surface area contributed by atoms with Gasteiger partial charge in [-0.05, 0) is 31.7 Å². The van der Waals surface area contributed by atoms with Crippen LogP contribution in [0.3, 0.4) is 0 Å². The fourth-order valence-corrected chi connectivity index (χ4v) is 2.49. The fourth-order valence-electron chi connectivity index (χ4n) is 2.18. The second-order valence-corrected chi connectivity index (χ2v) is 4.77. The van der Waals surface area contributed by atoms with Gasteiger partial charge in [-0.3, -0.25) is 0 Å². The van der Waals surface area contributed by atoms with Crippen molar-refractivity contribution in [1.82, 2.24) is 4.90 Å². The van der Waals surface area contributed by atoms with E-state index in [1.807, 2.05) is 0 Å². The average molecular weight is 250 g/mol. The van der Waals surface area contributed by atoms with Gasteiger partial charge < -0.3 is 14.4 Å². The van der Waals surface area contributed by atoms with Crippen molar-refractivity contribution in [1.29, 1.82) is 0 Å². The molecule has 0 radical (unpaired) electrons. The highest BCUT2D eigenvalue weighted by Crippen LogP contribution is 2.19. The number of piperidine rings is 1. The van der Waals surface area contributed by atoms with E-state index in [9.17, 15) is 0 Å². The second kappa shape index (κ2) is 9.23. The molecule has 0 aromatic carbocycles. The number of hydrogen-bond acceptors (Lipinski definition) is 3. The Morgan fingerprint density at radius 1 is 1.31 bits per heavy atom. The summed E-state index contributed by atoms with van der Waals surface area (Å²) in [6.07, 6.45) is 3.80. The van der Waals surface area contributed by atoms with Gasteiger partial charge in [0.2, 0.25) is 0 Å². The van der Waals surface area contributed by atoms with E-state index in [0.29, 0.717) is 13.2 Å². The summed E-state index contributed by atoms with van der Waals surface area (Å²) < 4.78 is 10.4. The van der Waals surface area contributed by atoms with E-state index in [1.54, 1.807) is 7.11 Å². The summed E-state index contributed by atoms with van der Waals surface area (Å²) in [4.78, 5) is 2.49. The first-order valence-electron chi connectivity index (χ1n) is 6.21. The molecule has 1 unspecified atom stereocenters. The van der Waals surface area contributed by atoms with Crippen molar-refractivity contribution in [3.8, 4) is 0 Å². The van der Waals surface area contributed by atoms with Gasteiger partial charge in [0.15, 0.2) is 0 Å². The normalized spacial score (nSPS) is 22.5. The molecule has 0 saturated carbocycles. The van der Waals surface area contributed by atoms with E-state index in [-0.39, 0.29) is 0 Å². The third kappa shape index (κ3) is 6.04. The molecule has 0 bridgehead atoms. The minimum absolute atomic E-state index is 0.689. The first-order chi connectivity index (χ1) is 7.86. The molecule has 3 nitrogen and oxygen atoms in total. The minimum Gasteiger partial charge on any atom is -0.382 e. The molecule has 1 aliphatic rings. The monoisotopic (exact) mass is 249 g/mol. The van der Waals surface area contributed by atoms with E-state index >= 15 is 0 Å². The van der Waals surface area contributed by atoms with Crippen LogP contribution in [-0.4, -0.2) is 57.3 Å². The van der Waals surface area contributed by atoms with Gasteiger partial charge in [-0.15, -0.1) is 11.6 Å². The molecule has 1 rings (SSSR count). The molecule has 96 valence electrons. The van der Waals surface area contributed by atoms with Gasteiger partial charge >= 0.3 is 0 Å². The summed E-state index contributed by atoms with van der Waals surface area (Å²) in [6, 6.07) is 0. The summed E-state index contributed by atoms with van der Waals surface area (Å²) in [7, 11) is 1.70. The molecular formula is C12H24ClNO2. The molecule has 1 saturated heterocycles. The van der Waals surface area contributed by atoms with Crippen LogP contribution in [0.2, 0.25) is 0 Å². The highest BCUT2D eigenvalue weighted by atomic mass is 35.5. The van der Waals surface area contributed by atoms with Crippen molar-refractivity contribution in [2.24, 2.45) is 5.92 Å². The number of alkyl halides is 1. The Balaban J connectivity index is 2.02. The Morgan fingerprint density at radius 2 is 2.19 bits per heavy atom. The van der Waals surface area contributed by atoms with E-state index in [1.165, 1.54) is 25.9 Å². The molecule has 0 aliphatic carbocycles. The van der Waals surface area contributed by atoms with Crippen molar-refractivity contribution in [2.45, 2.75) is 19.3 Å². The fraction of sp³-hybridized carbons (Fsp3) is 1.00. The molecule has 16 heavy (non-hydrogen) atoms. The van der Waals surface area contributed by atoms with Gasteiger partial charge in [-0.2, -0.15) is 0 Å². The predicted molar refractivity (Wildman–Crippen MR) is 67.2 cm³/mol. The molecule has 0 spiro atoms. The van der Waals surface area contributed by atoms with Crippen molar-refractivity contribution in [3.63, 3.8) is 0 Å². The molecule has 1 aliphatic heterocycles. The zero-order valence-corrected chi connectivity index (χ0v) is 11.0. The molecule has 0 N–H and O–H groups in total. The van der Waals surface area contributed by atoms with Crippen LogP contribution in [0, 0.1) is 5.92 Å². The Bertz CT molecular complexity index is 167. The van der Waals surface area contributed by atoms with E-state index in [4.69, 9.17) is 21.1 Å². The van der Waals surface area contributed by atoms with Gasteiger partial charge in [0.25, 0.3) is 0 Å². The Kier molecular flexibility index (Phi) is 8.21. The van der Waals surface area contributed by atoms with E-state index in [2.05, 4.69) is 4.90 Å². The first kappa shape index (κ1) is 14.2. The van der Waals surface area contributed by atoms with Gasteiger partial charge in [-0.1, -0.05) is 0 Å². The summed E-state index contributed by atoms with van der Waals surface area (Å²) in [6.45, 7) is 5.66. The zero-order chi connectivity index (χ0) is 11.6. The van der Waals surface area contributed by atoms with Crippen LogP contribution in [0.5, 0.6) is 0 Å². The summed E-state index contributed by atoms with van der Waals surface area (Å²) >= 11 is 5.79. The topological polar surface area (TPSA) is 21.7 Å². The lowest BCUT2D eigenvalue weighted by molar-refractivity contribution is 0.0492. The van der Waals surface area contributed by atoms with Crippen LogP contribution in [0.4, 0.5) is 0 Å². The summed E-state index contributed by atoms with van der Waals surface area (Å²) in [5.41, 5.74) is 0. The lowest BCUT2D eigenvalue weighted by Gasteiger charge is -2.32. The largest absolute Gasteiger partial charge is 0.382 e. The second-order valence-electron chi connectivity index (χ2n) is 4.39. The lowest BCUT2D eigenvalue weighted by Crippen LogP contribution is -2.37. The van der Waals surface area contributed by atoms with Gasteiger partial charge in [0.05, 0.1) is 19.8 Å². The van der Waals surface area contributed by atoms with Crippen LogP contribution in [0.15, 0.2) is 0 Å². The molecular weight excluding hydrogens is 226 g/mol. The molecule has 0 aromatic heterocycles. The zero-order valence-electron chi connectivity index (χ0n) is 10.3. The Hall–Kier alpha value is 0.170. The predicted octanol–water partition coefficient (Wildman–Crippen LogP) is 1.99. The third-order valence-corrected chi connectivity index (χ3v) is 3.32. The quantitative estimate of drug-likeness (QED) is 0.485. The van der Waals surface area contributed by atoms with E-state index < -0.39 is 0 Å². The maximum Gasteiger partial charge on any atom is 0.0700 e. The third-order valence-electron chi connectivity index (χ3n) is 3.10. The highest BCUT2D eigenvalue weighted by molar-refractivity contribution is 6.17. The van der Waals surface area contributed by atoms with Crippen molar-refractivity contribution >= 4 is 11.6 Å². The van der Waals surface area contributed by atoms with Crippen LogP contribution in [0.25, 0.3) is 0 Å². The SMILES string of the molecule is COCCOCCN1CCCC(CCCl)C1. The van der Waals surface area contributed by atoms with Gasteiger partial charge in [0, 0.05) is 26.1 Å². The Morgan fingerprint density at radius 3 is 2.94 bits per heavy atom. The lowest BCUT2D eigenvalue weighted by atomic mass is 9.96. The number of likely N-dealkylation sites (tertiary alicyclic amines) is 1. The number of ether oxygens (including phenoxy) is 2. The number of rotatable bonds is 8. The molecule has 0 aromatic rings. The molecule has 0 amide bonds. The maximum absolute atomic E-state index is 5.79. The number of methoxy groups -OCH3 is 1. The minimum atomic E-state index is 0.689. The van der Waals surface area contributed by atoms with Crippen molar-refractivity contribution in [3.05, 3.63) is 0 Å². The number of halogens is 1. The smallest absolute Gasteiger partial charge is 0.0700 e. The summed E-state index contributed by atoms with van der Waals surface area (Å²) in [5.74, 6) is 1.59. The van der Waals surface area contributed by atoms with Gasteiger partial charge in [-0.25, -0.2) is 0 Å². The molecule has 1 fully saturated rings. The number of hydrogen-bond donors (Lipinski definition) is 0. The molecule has 1 atom stereocenters. The number of nitrogens with zero attached hydrogens (tertiary/aromatic N) is 1. The maximum atomic E-state index is 5.79. The molecule has 1 heterocycles. The van der Waals surface area contributed by atoms with Crippen LogP contribution >= 0.6 is 11.6 Å².